The molecule has 1 heterocycles. The van der Waals surface area contributed by atoms with E-state index in [4.69, 9.17) is 16.0 Å². The number of sulfonamides is 1. The number of benzene rings is 2. The molecule has 0 fully saturated rings. The molecule has 0 saturated carbocycles. The first-order valence-electron chi connectivity index (χ1n) is 8.89. The lowest BCUT2D eigenvalue weighted by atomic mass is 10.1. The molecule has 152 valence electrons. The molecule has 0 atom stereocenters. The van der Waals surface area contributed by atoms with Gasteiger partial charge < -0.3 is 9.73 Å². The lowest BCUT2D eigenvalue weighted by Crippen LogP contribution is -2.25. The number of anilines is 1. The quantitative estimate of drug-likeness (QED) is 0.596. The van der Waals surface area contributed by atoms with E-state index >= 15 is 0 Å². The van der Waals surface area contributed by atoms with Crippen molar-refractivity contribution in [3.63, 3.8) is 0 Å². The summed E-state index contributed by atoms with van der Waals surface area (Å²) in [6.45, 7) is 5.54. The minimum atomic E-state index is -3.92. The maximum atomic E-state index is 12.8. The highest BCUT2D eigenvalue weighted by atomic mass is 35.5. The van der Waals surface area contributed by atoms with E-state index in [9.17, 15) is 13.2 Å². The zero-order valence-electron chi connectivity index (χ0n) is 16.2. The Morgan fingerprint density at radius 2 is 1.79 bits per heavy atom. The number of halogens is 1. The standard InChI is InChI=1S/C21H21ClN2O4S/c1-13-7-10-17(11-18(13)22)29(26,27)24-19-6-4-5-14(2)20(19)21(25)23-12-16-9-8-15(3)28-16/h4-11,24H,12H2,1-3H3,(H,23,25). The average molecular weight is 433 g/mol. The van der Waals surface area contributed by atoms with E-state index in [0.29, 0.717) is 16.3 Å². The number of rotatable bonds is 6. The summed E-state index contributed by atoms with van der Waals surface area (Å²) < 4.78 is 33.6. The molecule has 1 amide bonds. The van der Waals surface area contributed by atoms with Crippen LogP contribution in [0.15, 0.2) is 57.8 Å². The highest BCUT2D eigenvalue weighted by Crippen LogP contribution is 2.25. The van der Waals surface area contributed by atoms with Gasteiger partial charge in [-0.3, -0.25) is 9.52 Å². The molecule has 0 aliphatic rings. The molecular weight excluding hydrogens is 412 g/mol. The molecular formula is C21H21ClN2O4S. The van der Waals surface area contributed by atoms with Crippen LogP contribution >= 0.6 is 11.6 Å². The van der Waals surface area contributed by atoms with E-state index in [2.05, 4.69) is 10.0 Å². The van der Waals surface area contributed by atoms with Crippen LogP contribution in [0.2, 0.25) is 5.02 Å². The van der Waals surface area contributed by atoms with Crippen LogP contribution in [0.3, 0.4) is 0 Å². The van der Waals surface area contributed by atoms with E-state index in [-0.39, 0.29) is 22.7 Å². The number of carbonyl (C=O) groups excluding carboxylic acids is 1. The van der Waals surface area contributed by atoms with Gasteiger partial charge in [-0.05, 0) is 62.2 Å². The van der Waals surface area contributed by atoms with Crippen LogP contribution in [0.4, 0.5) is 5.69 Å². The molecule has 0 aliphatic carbocycles. The maximum absolute atomic E-state index is 12.8. The van der Waals surface area contributed by atoms with Crippen LogP contribution in [0.1, 0.15) is 33.0 Å². The van der Waals surface area contributed by atoms with Crippen molar-refractivity contribution in [1.82, 2.24) is 5.32 Å². The Kier molecular flexibility index (Phi) is 6.00. The molecule has 2 aromatic carbocycles. The van der Waals surface area contributed by atoms with Crippen molar-refractivity contribution in [3.05, 3.63) is 81.8 Å². The van der Waals surface area contributed by atoms with Gasteiger partial charge in [0.1, 0.15) is 11.5 Å². The molecule has 8 heteroatoms. The minimum Gasteiger partial charge on any atom is -0.465 e. The number of carbonyl (C=O) groups is 1. The van der Waals surface area contributed by atoms with E-state index in [0.717, 1.165) is 11.3 Å². The second-order valence-corrected chi connectivity index (χ2v) is 8.80. The Morgan fingerprint density at radius 1 is 1.03 bits per heavy atom. The number of amides is 1. The maximum Gasteiger partial charge on any atom is 0.261 e. The monoisotopic (exact) mass is 432 g/mol. The van der Waals surface area contributed by atoms with Crippen LogP contribution in [0.25, 0.3) is 0 Å². The summed E-state index contributed by atoms with van der Waals surface area (Å²) in [6.07, 6.45) is 0. The Morgan fingerprint density at radius 3 is 2.45 bits per heavy atom. The van der Waals surface area contributed by atoms with Crippen molar-refractivity contribution < 1.29 is 17.6 Å². The second kappa shape index (κ2) is 8.31. The molecule has 3 aromatic rings. The van der Waals surface area contributed by atoms with Gasteiger partial charge in [-0.1, -0.05) is 29.8 Å². The van der Waals surface area contributed by atoms with Gasteiger partial charge in [0.25, 0.3) is 15.9 Å². The zero-order chi connectivity index (χ0) is 21.2. The Hall–Kier alpha value is -2.77. The van der Waals surface area contributed by atoms with E-state index in [1.54, 1.807) is 44.2 Å². The molecule has 0 radical (unpaired) electrons. The third-order valence-corrected chi connectivity index (χ3v) is 6.19. The smallest absolute Gasteiger partial charge is 0.261 e. The average Bonchev–Trinajstić information content (AvgIpc) is 3.07. The molecule has 29 heavy (non-hydrogen) atoms. The van der Waals surface area contributed by atoms with Crippen molar-refractivity contribution in [3.8, 4) is 0 Å². The fourth-order valence-corrected chi connectivity index (χ4v) is 4.18. The first kappa shape index (κ1) is 21.0. The van der Waals surface area contributed by atoms with Crippen molar-refractivity contribution in [1.29, 1.82) is 0 Å². The van der Waals surface area contributed by atoms with Gasteiger partial charge in [0.05, 0.1) is 22.7 Å². The normalized spacial score (nSPS) is 11.3. The predicted molar refractivity (Wildman–Crippen MR) is 113 cm³/mol. The fourth-order valence-electron chi connectivity index (χ4n) is 2.83. The van der Waals surface area contributed by atoms with E-state index < -0.39 is 15.9 Å². The van der Waals surface area contributed by atoms with Gasteiger partial charge in [0.15, 0.2) is 0 Å². The van der Waals surface area contributed by atoms with Crippen molar-refractivity contribution in [2.24, 2.45) is 0 Å². The summed E-state index contributed by atoms with van der Waals surface area (Å²) in [4.78, 5) is 12.8. The van der Waals surface area contributed by atoms with Crippen LogP contribution in [0.5, 0.6) is 0 Å². The predicted octanol–water partition coefficient (Wildman–Crippen LogP) is 4.59. The van der Waals surface area contributed by atoms with Crippen LogP contribution in [-0.4, -0.2) is 14.3 Å². The van der Waals surface area contributed by atoms with Gasteiger partial charge in [-0.15, -0.1) is 0 Å². The van der Waals surface area contributed by atoms with Gasteiger partial charge in [0, 0.05) is 5.02 Å². The summed E-state index contributed by atoms with van der Waals surface area (Å²) in [5, 5.41) is 3.11. The topological polar surface area (TPSA) is 88.4 Å². The number of furan rings is 1. The molecule has 1 aromatic heterocycles. The molecule has 0 saturated heterocycles. The third-order valence-electron chi connectivity index (χ3n) is 4.42. The van der Waals surface area contributed by atoms with Gasteiger partial charge in [0.2, 0.25) is 0 Å². The van der Waals surface area contributed by atoms with Gasteiger partial charge in [-0.2, -0.15) is 0 Å². The third kappa shape index (κ3) is 4.81. The molecule has 0 spiro atoms. The Bertz CT molecular complexity index is 1170. The highest BCUT2D eigenvalue weighted by molar-refractivity contribution is 7.92. The summed E-state index contributed by atoms with van der Waals surface area (Å²) in [6, 6.07) is 13.0. The van der Waals surface area contributed by atoms with Crippen molar-refractivity contribution in [2.75, 3.05) is 4.72 Å². The van der Waals surface area contributed by atoms with E-state index in [1.807, 2.05) is 13.0 Å². The van der Waals surface area contributed by atoms with Crippen molar-refractivity contribution in [2.45, 2.75) is 32.2 Å². The fraction of sp³-hybridized carbons (Fsp3) is 0.190. The minimum absolute atomic E-state index is 0.0204. The molecule has 0 bridgehead atoms. The van der Waals surface area contributed by atoms with Crippen molar-refractivity contribution >= 4 is 33.2 Å². The Labute approximate surface area is 174 Å². The molecule has 0 unspecified atom stereocenters. The SMILES string of the molecule is Cc1ccc(CNC(=O)c2c(C)cccc2NS(=O)(=O)c2ccc(C)c(Cl)c2)o1. The van der Waals surface area contributed by atoms with Crippen LogP contribution in [0, 0.1) is 20.8 Å². The summed E-state index contributed by atoms with van der Waals surface area (Å²) >= 11 is 6.07. The Balaban J connectivity index is 1.87. The number of nitrogens with one attached hydrogen (secondary N) is 2. The molecule has 0 aliphatic heterocycles. The van der Waals surface area contributed by atoms with Gasteiger partial charge >= 0.3 is 0 Å². The number of hydrogen-bond donors (Lipinski definition) is 2. The lowest BCUT2D eigenvalue weighted by molar-refractivity contribution is 0.0948. The van der Waals surface area contributed by atoms with Gasteiger partial charge in [-0.25, -0.2) is 8.42 Å². The van der Waals surface area contributed by atoms with Crippen LogP contribution in [-0.2, 0) is 16.6 Å². The lowest BCUT2D eigenvalue weighted by Gasteiger charge is -2.15. The summed E-state index contributed by atoms with van der Waals surface area (Å²) in [5.74, 6) is 0.952. The van der Waals surface area contributed by atoms with E-state index in [1.165, 1.54) is 12.1 Å². The second-order valence-electron chi connectivity index (χ2n) is 6.71. The first-order chi connectivity index (χ1) is 13.7. The largest absolute Gasteiger partial charge is 0.465 e. The zero-order valence-corrected chi connectivity index (χ0v) is 17.8. The highest BCUT2D eigenvalue weighted by Gasteiger charge is 2.21. The first-order valence-corrected chi connectivity index (χ1v) is 10.8. The summed E-state index contributed by atoms with van der Waals surface area (Å²) in [5.41, 5.74) is 1.85. The molecule has 6 nitrogen and oxygen atoms in total. The summed E-state index contributed by atoms with van der Waals surface area (Å²) in [7, 11) is -3.92. The van der Waals surface area contributed by atoms with Crippen LogP contribution < -0.4 is 10.0 Å². The molecule has 2 N–H and O–H groups in total. The molecule has 3 rings (SSSR count). The number of hydrogen-bond acceptors (Lipinski definition) is 4. The number of aryl methyl sites for hydroxylation is 3.